The maximum absolute atomic E-state index is 12.3. The van der Waals surface area contributed by atoms with Crippen LogP contribution in [0.4, 0.5) is 8.78 Å². The molecular formula is C16H18F2N2O3. The Labute approximate surface area is 133 Å². The van der Waals surface area contributed by atoms with Crippen molar-refractivity contribution in [2.45, 2.75) is 13.5 Å². The van der Waals surface area contributed by atoms with E-state index in [0.717, 1.165) is 0 Å². The summed E-state index contributed by atoms with van der Waals surface area (Å²) in [5.74, 6) is -0.210. The third kappa shape index (κ3) is 4.77. The first-order valence-corrected chi connectivity index (χ1v) is 7.23. The van der Waals surface area contributed by atoms with E-state index in [1.54, 1.807) is 28.0 Å². The van der Waals surface area contributed by atoms with E-state index in [0.29, 0.717) is 31.7 Å². The monoisotopic (exact) mass is 324 g/mol. The molecule has 1 fully saturated rings. The Kier molecular flexibility index (Phi) is 5.67. The summed E-state index contributed by atoms with van der Waals surface area (Å²) in [4.78, 5) is 26.7. The number of hydrogen-bond acceptors (Lipinski definition) is 3. The van der Waals surface area contributed by atoms with Crippen molar-refractivity contribution in [3.8, 4) is 5.75 Å². The number of benzene rings is 1. The topological polar surface area (TPSA) is 49.9 Å². The van der Waals surface area contributed by atoms with Crippen molar-refractivity contribution in [1.82, 2.24) is 9.80 Å². The maximum Gasteiger partial charge on any atom is 0.387 e. The van der Waals surface area contributed by atoms with E-state index in [9.17, 15) is 18.4 Å². The zero-order valence-electron chi connectivity index (χ0n) is 12.7. The largest absolute Gasteiger partial charge is 0.434 e. The molecule has 1 saturated heterocycles. The van der Waals surface area contributed by atoms with E-state index in [1.165, 1.54) is 25.1 Å². The minimum atomic E-state index is -2.92. The van der Waals surface area contributed by atoms with Crippen LogP contribution < -0.4 is 4.74 Å². The molecule has 0 radical (unpaired) electrons. The Morgan fingerprint density at radius 3 is 2.35 bits per heavy atom. The van der Waals surface area contributed by atoms with Crippen LogP contribution in [0.3, 0.4) is 0 Å². The fourth-order valence-electron chi connectivity index (χ4n) is 2.33. The normalized spacial score (nSPS) is 15.3. The van der Waals surface area contributed by atoms with Gasteiger partial charge in [-0.15, -0.1) is 0 Å². The van der Waals surface area contributed by atoms with Gasteiger partial charge < -0.3 is 14.5 Å². The highest BCUT2D eigenvalue weighted by Crippen LogP contribution is 2.21. The fourth-order valence-corrected chi connectivity index (χ4v) is 2.33. The molecule has 0 saturated carbocycles. The predicted molar refractivity (Wildman–Crippen MR) is 80.9 cm³/mol. The summed E-state index contributed by atoms with van der Waals surface area (Å²) in [6, 6.07) is 6.27. The molecule has 1 aromatic rings. The number of ether oxygens (including phenoxy) is 1. The van der Waals surface area contributed by atoms with E-state index in [4.69, 9.17) is 0 Å². The van der Waals surface area contributed by atoms with E-state index in [-0.39, 0.29) is 17.6 Å². The van der Waals surface area contributed by atoms with Gasteiger partial charge in [-0.2, -0.15) is 8.78 Å². The lowest BCUT2D eigenvalue weighted by Gasteiger charge is -2.33. The van der Waals surface area contributed by atoms with Gasteiger partial charge in [0.15, 0.2) is 0 Å². The van der Waals surface area contributed by atoms with Gasteiger partial charge in [-0.1, -0.05) is 18.2 Å². The van der Waals surface area contributed by atoms with Gasteiger partial charge in [0, 0.05) is 44.7 Å². The Morgan fingerprint density at radius 2 is 1.74 bits per heavy atom. The first-order chi connectivity index (χ1) is 11.0. The lowest BCUT2D eigenvalue weighted by atomic mass is 10.2. The molecule has 0 unspecified atom stereocenters. The third-order valence-electron chi connectivity index (χ3n) is 3.58. The quantitative estimate of drug-likeness (QED) is 0.796. The maximum atomic E-state index is 12.3. The SMILES string of the molecule is CC(=O)N1CCN(C(=O)/C=C/c2ccccc2OC(F)F)CC1. The molecule has 1 heterocycles. The van der Waals surface area contributed by atoms with E-state index in [1.807, 2.05) is 0 Å². The van der Waals surface area contributed by atoms with Gasteiger partial charge in [0.25, 0.3) is 0 Å². The molecule has 7 heteroatoms. The molecule has 0 atom stereocenters. The molecule has 0 spiro atoms. The van der Waals surface area contributed by atoms with Gasteiger partial charge in [-0.05, 0) is 12.1 Å². The van der Waals surface area contributed by atoms with Crippen molar-refractivity contribution in [3.05, 3.63) is 35.9 Å². The zero-order chi connectivity index (χ0) is 16.8. The van der Waals surface area contributed by atoms with E-state index >= 15 is 0 Å². The summed E-state index contributed by atoms with van der Waals surface area (Å²) in [5.41, 5.74) is 0.406. The fraction of sp³-hybridized carbons (Fsp3) is 0.375. The summed E-state index contributed by atoms with van der Waals surface area (Å²) in [7, 11) is 0. The smallest absolute Gasteiger partial charge is 0.387 e. The average Bonchev–Trinajstić information content (AvgIpc) is 2.53. The molecule has 1 aromatic carbocycles. The first-order valence-electron chi connectivity index (χ1n) is 7.23. The molecule has 2 amide bonds. The van der Waals surface area contributed by atoms with Crippen molar-refractivity contribution in [3.63, 3.8) is 0 Å². The molecular weight excluding hydrogens is 306 g/mol. The van der Waals surface area contributed by atoms with Crippen molar-refractivity contribution in [1.29, 1.82) is 0 Å². The van der Waals surface area contributed by atoms with Gasteiger partial charge in [0.2, 0.25) is 11.8 Å². The summed E-state index contributed by atoms with van der Waals surface area (Å²) in [6.07, 6.45) is 2.79. The highest BCUT2D eigenvalue weighted by Gasteiger charge is 2.20. The number of carbonyl (C=O) groups is 2. The van der Waals surface area contributed by atoms with Gasteiger partial charge >= 0.3 is 6.61 Å². The summed E-state index contributed by atoms with van der Waals surface area (Å²) in [6.45, 7) is 0.493. The predicted octanol–water partition coefficient (Wildman–Crippen LogP) is 1.99. The number of hydrogen-bond donors (Lipinski definition) is 0. The number of halogens is 2. The standard InChI is InChI=1S/C16H18F2N2O3/c1-12(21)19-8-10-20(11-9-19)15(22)7-6-13-4-2-3-5-14(13)23-16(17)18/h2-7,16H,8-11H2,1H3/b7-6+. The first kappa shape index (κ1) is 16.9. The van der Waals surface area contributed by atoms with Crippen molar-refractivity contribution in [2.24, 2.45) is 0 Å². The molecule has 1 aliphatic rings. The Balaban J connectivity index is 1.98. The lowest BCUT2D eigenvalue weighted by Crippen LogP contribution is -2.49. The number of alkyl halides is 2. The second kappa shape index (κ2) is 7.71. The lowest BCUT2D eigenvalue weighted by molar-refractivity contribution is -0.135. The Bertz CT molecular complexity index is 597. The van der Waals surface area contributed by atoms with Crippen LogP contribution in [0, 0.1) is 0 Å². The Morgan fingerprint density at radius 1 is 1.13 bits per heavy atom. The van der Waals surface area contributed by atoms with Crippen molar-refractivity contribution in [2.75, 3.05) is 26.2 Å². The molecule has 0 aliphatic carbocycles. The van der Waals surface area contributed by atoms with E-state index < -0.39 is 6.61 Å². The van der Waals surface area contributed by atoms with Gasteiger partial charge in [-0.25, -0.2) is 0 Å². The van der Waals surface area contributed by atoms with Crippen LogP contribution in [0.2, 0.25) is 0 Å². The molecule has 0 aromatic heterocycles. The summed E-state index contributed by atoms with van der Waals surface area (Å²) >= 11 is 0. The van der Waals surface area contributed by atoms with Crippen LogP contribution in [0.1, 0.15) is 12.5 Å². The number of piperazine rings is 1. The van der Waals surface area contributed by atoms with Crippen molar-refractivity contribution >= 4 is 17.9 Å². The Hall–Kier alpha value is -2.44. The number of amides is 2. The average molecular weight is 324 g/mol. The highest BCUT2D eigenvalue weighted by molar-refractivity contribution is 5.92. The highest BCUT2D eigenvalue weighted by atomic mass is 19.3. The molecule has 0 bridgehead atoms. The number of nitrogens with zero attached hydrogens (tertiary/aromatic N) is 2. The van der Waals surface area contributed by atoms with Crippen LogP contribution in [0.15, 0.2) is 30.3 Å². The second-order valence-electron chi connectivity index (χ2n) is 5.08. The van der Waals surface area contributed by atoms with Crippen LogP contribution in [0.5, 0.6) is 5.75 Å². The van der Waals surface area contributed by atoms with Crippen LogP contribution in [-0.2, 0) is 9.59 Å². The molecule has 124 valence electrons. The van der Waals surface area contributed by atoms with Gasteiger partial charge in [0.05, 0.1) is 0 Å². The number of rotatable bonds is 4. The number of para-hydroxylation sites is 1. The minimum Gasteiger partial charge on any atom is -0.434 e. The number of carbonyl (C=O) groups excluding carboxylic acids is 2. The third-order valence-corrected chi connectivity index (χ3v) is 3.58. The van der Waals surface area contributed by atoms with E-state index in [2.05, 4.69) is 4.74 Å². The second-order valence-corrected chi connectivity index (χ2v) is 5.08. The van der Waals surface area contributed by atoms with Crippen LogP contribution in [0.25, 0.3) is 6.08 Å². The molecule has 23 heavy (non-hydrogen) atoms. The van der Waals surface area contributed by atoms with Gasteiger partial charge in [-0.3, -0.25) is 9.59 Å². The molecule has 5 nitrogen and oxygen atoms in total. The summed E-state index contributed by atoms with van der Waals surface area (Å²) < 4.78 is 29.1. The van der Waals surface area contributed by atoms with Crippen molar-refractivity contribution < 1.29 is 23.1 Å². The zero-order valence-corrected chi connectivity index (χ0v) is 12.7. The molecule has 0 N–H and O–H groups in total. The van der Waals surface area contributed by atoms with Gasteiger partial charge in [0.1, 0.15) is 5.75 Å². The van der Waals surface area contributed by atoms with Crippen LogP contribution >= 0.6 is 0 Å². The molecule has 1 aliphatic heterocycles. The van der Waals surface area contributed by atoms with Crippen LogP contribution in [-0.4, -0.2) is 54.4 Å². The molecule has 2 rings (SSSR count). The summed E-state index contributed by atoms with van der Waals surface area (Å²) in [5, 5.41) is 0. The minimum absolute atomic E-state index is 0.00860.